The second-order valence-electron chi connectivity index (χ2n) is 22.0. The van der Waals surface area contributed by atoms with Gasteiger partial charge in [-0.05, 0) is 93.0 Å². The summed E-state index contributed by atoms with van der Waals surface area (Å²) in [7, 11) is 3.21. The Morgan fingerprint density at radius 1 is 0.929 bits per heavy atom. The number of hydrogen-bond acceptors (Lipinski definition) is 15. The molecular formula is C60H69N13O11. The van der Waals surface area contributed by atoms with E-state index in [1.165, 1.54) is 12.0 Å². The molecule has 7 amide bonds. The quantitative estimate of drug-likeness (QED) is 0.0509. The molecule has 4 aliphatic rings. The molecular weight excluding hydrogens is 1080 g/mol. The highest BCUT2D eigenvalue weighted by Gasteiger charge is 2.44. The third-order valence-corrected chi connectivity index (χ3v) is 16.3. The number of aromatic nitrogens is 4. The number of primary amides is 1. The summed E-state index contributed by atoms with van der Waals surface area (Å²) < 4.78 is 14.1. The molecule has 9 N–H and O–H groups in total. The number of nitrogens with zero attached hydrogens (tertiary/aromatic N) is 7. The molecule has 0 radical (unpaired) electrons. The van der Waals surface area contributed by atoms with Crippen LogP contribution in [0, 0.1) is 11.8 Å². The normalized spacial score (nSPS) is 17.7. The molecule has 10 rings (SSSR count). The Hall–Kier alpha value is -8.89. The number of carbonyl (C=O) groups is 6. The smallest absolute Gasteiger partial charge is 0.405 e. The lowest BCUT2D eigenvalue weighted by molar-refractivity contribution is -0.131. The number of likely N-dealkylation sites (tertiary alicyclic amines) is 1. The molecule has 2 atom stereocenters. The molecule has 3 aromatic heterocycles. The Balaban J connectivity index is 0.759. The van der Waals surface area contributed by atoms with Crippen molar-refractivity contribution in [3.05, 3.63) is 112 Å². The topological polar surface area (TPSA) is 312 Å². The lowest BCUT2D eigenvalue weighted by Crippen LogP contribution is -2.56. The Labute approximate surface area is 484 Å². The van der Waals surface area contributed by atoms with Gasteiger partial charge in [0.2, 0.25) is 29.6 Å². The molecule has 24 nitrogen and oxygen atoms in total. The number of aliphatic hydroxyl groups excluding tert-OH is 1. The van der Waals surface area contributed by atoms with E-state index in [0.717, 1.165) is 103 Å². The number of H-pyrrole nitrogens is 1. The summed E-state index contributed by atoms with van der Waals surface area (Å²) in [5.74, 6) is 4.16. The fourth-order valence-corrected chi connectivity index (χ4v) is 11.4. The SMILES string of the molecule is COc1ccc(C#CCNC2(C)CCN(C3CCN(c4nc([C@@](CO)(OC5CC5)c5ccccc5)c5cc(-c6cn(C)c(=O)c7[nH]ccc67)ccc5n4)CC3)CC2)cc1N1CCC(=O)N(CNC(=O)CNC(=O)[C@H](CC(N)=O)NC(=O)O)C1=O. The predicted molar refractivity (Wildman–Crippen MR) is 312 cm³/mol. The molecule has 24 heteroatoms. The van der Waals surface area contributed by atoms with Crippen molar-refractivity contribution in [1.82, 2.24) is 50.6 Å². The molecule has 0 spiro atoms. The number of anilines is 2. The molecule has 3 aliphatic heterocycles. The summed E-state index contributed by atoms with van der Waals surface area (Å²) in [4.78, 5) is 108. The van der Waals surface area contributed by atoms with Gasteiger partial charge in [0, 0.05) is 92.1 Å². The van der Waals surface area contributed by atoms with Crippen molar-refractivity contribution in [1.29, 1.82) is 0 Å². The van der Waals surface area contributed by atoms with E-state index in [9.17, 15) is 38.7 Å². The Morgan fingerprint density at radius 3 is 2.39 bits per heavy atom. The van der Waals surface area contributed by atoms with Gasteiger partial charge in [-0.2, -0.15) is 0 Å². The summed E-state index contributed by atoms with van der Waals surface area (Å²) in [5.41, 5.74) is 8.99. The van der Waals surface area contributed by atoms with Crippen molar-refractivity contribution in [3.63, 3.8) is 0 Å². The van der Waals surface area contributed by atoms with Gasteiger partial charge in [0.25, 0.3) is 5.56 Å². The number of aromatic amines is 1. The first-order chi connectivity index (χ1) is 40.5. The first-order valence-electron chi connectivity index (χ1n) is 28.1. The molecule has 6 aromatic rings. The van der Waals surface area contributed by atoms with E-state index in [1.54, 1.807) is 36.0 Å². The van der Waals surface area contributed by atoms with Crippen LogP contribution in [0.3, 0.4) is 0 Å². The van der Waals surface area contributed by atoms with Crippen LogP contribution < -0.4 is 47.1 Å². The van der Waals surface area contributed by atoms with Gasteiger partial charge in [-0.3, -0.25) is 28.9 Å². The average Bonchev–Trinajstić information content (AvgIpc) is 1.69. The van der Waals surface area contributed by atoms with Crippen molar-refractivity contribution < 1.29 is 48.5 Å². The molecule has 84 heavy (non-hydrogen) atoms. The van der Waals surface area contributed by atoms with Crippen LogP contribution in [0.4, 0.5) is 21.2 Å². The molecule has 1 aliphatic carbocycles. The monoisotopic (exact) mass is 1150 g/mol. The molecule has 3 saturated heterocycles. The number of hydrogen-bond donors (Lipinski definition) is 8. The molecule has 1 saturated carbocycles. The number of nitrogens with two attached hydrogens (primary N) is 1. The zero-order valence-electron chi connectivity index (χ0n) is 47.1. The molecule has 6 heterocycles. The molecule has 0 bridgehead atoms. The van der Waals surface area contributed by atoms with Crippen molar-refractivity contribution in [2.24, 2.45) is 12.8 Å². The van der Waals surface area contributed by atoms with E-state index in [4.69, 9.17) is 30.3 Å². The first-order valence-corrected chi connectivity index (χ1v) is 28.1. The van der Waals surface area contributed by atoms with Crippen LogP contribution in [-0.4, -0.2) is 165 Å². The number of aryl methyl sites for hydroxylation is 1. The van der Waals surface area contributed by atoms with Gasteiger partial charge >= 0.3 is 12.1 Å². The Morgan fingerprint density at radius 2 is 1.69 bits per heavy atom. The van der Waals surface area contributed by atoms with E-state index in [0.29, 0.717) is 46.7 Å². The zero-order chi connectivity index (χ0) is 59.3. The minimum Gasteiger partial charge on any atom is -0.495 e. The van der Waals surface area contributed by atoms with Crippen LogP contribution in [0.15, 0.2) is 90.0 Å². The number of piperidine rings is 2. The van der Waals surface area contributed by atoms with Crippen LogP contribution in [0.5, 0.6) is 5.75 Å². The van der Waals surface area contributed by atoms with Gasteiger partial charge < -0.3 is 66.0 Å². The summed E-state index contributed by atoms with van der Waals surface area (Å²) >= 11 is 0. The number of rotatable bonds is 20. The third-order valence-electron chi connectivity index (χ3n) is 16.3. The number of aliphatic hydroxyl groups is 1. The van der Waals surface area contributed by atoms with E-state index < -0.39 is 67.0 Å². The number of fused-ring (bicyclic) bond motifs is 2. The predicted octanol–water partition coefficient (Wildman–Crippen LogP) is 3.23. The van der Waals surface area contributed by atoms with Crippen molar-refractivity contribution in [2.75, 3.05) is 76.0 Å². The second-order valence-corrected chi connectivity index (χ2v) is 22.0. The molecule has 0 unspecified atom stereocenters. The maximum atomic E-state index is 13.8. The van der Waals surface area contributed by atoms with Crippen LogP contribution in [0.25, 0.3) is 32.9 Å². The average molecular weight is 1150 g/mol. The number of methoxy groups -OCH3 is 1. The van der Waals surface area contributed by atoms with Crippen molar-refractivity contribution in [2.45, 2.75) is 87.6 Å². The summed E-state index contributed by atoms with van der Waals surface area (Å²) in [6.07, 6.45) is 6.80. The maximum Gasteiger partial charge on any atom is 0.405 e. The minimum absolute atomic E-state index is 0.0233. The van der Waals surface area contributed by atoms with E-state index in [-0.39, 0.29) is 36.8 Å². The van der Waals surface area contributed by atoms with Gasteiger partial charge in [-0.25, -0.2) is 24.5 Å². The highest BCUT2D eigenvalue weighted by atomic mass is 16.5. The van der Waals surface area contributed by atoms with Gasteiger partial charge in [0.05, 0.1) is 56.2 Å². The van der Waals surface area contributed by atoms with Crippen LogP contribution >= 0.6 is 0 Å². The van der Waals surface area contributed by atoms with Crippen LogP contribution in [0.1, 0.15) is 75.1 Å². The number of carbonyl (C=O) groups excluding carboxylic acids is 5. The zero-order valence-corrected chi connectivity index (χ0v) is 47.1. The number of pyridine rings is 1. The van der Waals surface area contributed by atoms with Crippen LogP contribution in [0.2, 0.25) is 0 Å². The molecule has 4 fully saturated rings. The third kappa shape index (κ3) is 12.7. The van der Waals surface area contributed by atoms with Gasteiger partial charge in [0.1, 0.15) is 24.0 Å². The lowest BCUT2D eigenvalue weighted by Gasteiger charge is -2.45. The van der Waals surface area contributed by atoms with E-state index >= 15 is 0 Å². The van der Waals surface area contributed by atoms with Gasteiger partial charge in [-0.15, -0.1) is 0 Å². The minimum atomic E-state index is -1.57. The number of imide groups is 1. The maximum absolute atomic E-state index is 13.8. The number of benzene rings is 3. The van der Waals surface area contributed by atoms with Gasteiger partial charge in [-0.1, -0.05) is 48.2 Å². The largest absolute Gasteiger partial charge is 0.495 e. The summed E-state index contributed by atoms with van der Waals surface area (Å²) in [5, 5.41) is 32.3. The number of nitrogens with one attached hydrogen (secondary N) is 5. The molecule has 440 valence electrons. The summed E-state index contributed by atoms with van der Waals surface area (Å²) in [6.45, 7) is 4.51. The fraction of sp³-hybridized carbons (Fsp3) is 0.417. The van der Waals surface area contributed by atoms with Crippen LogP contribution in [-0.2, 0) is 36.6 Å². The second kappa shape index (κ2) is 24.9. The van der Waals surface area contributed by atoms with Gasteiger partial charge in [0.15, 0.2) is 5.60 Å². The first kappa shape index (κ1) is 58.3. The number of carboxylic acid groups (broad SMARTS) is 1. The fourth-order valence-electron chi connectivity index (χ4n) is 11.4. The number of urea groups is 1. The highest BCUT2D eigenvalue weighted by Crippen LogP contribution is 2.44. The molecule has 3 aromatic carbocycles. The standard InChI is InChI=1S/C60H69N13O11/c1-59(65-23-7-8-37-11-16-48(83-3)47(30-37)72-27-20-51(77)73(58(72)82)36-64-50(76)33-63-54(78)46(32-49(61)75)67-57(80)81)21-28-70(29-22-59)40-18-25-71(26-19-40)56-66-45-15-12-38(44-34-69(2)55(79)52-42(44)17-24-62-52)31-43(45)53(68-56)60(35-74,84-41-13-14-41)39-9-5-4-6-10-39/h4-6,9-12,15-17,24,30-31,34,40-41,46,62,65,67,74H,13-14,18-23,25-29,32-33,35-36H2,1-3H3,(H2,61,75)(H,63,78)(H,64,76)(H,80,81)/t46-,60-/m0/s1. The highest BCUT2D eigenvalue weighted by molar-refractivity contribution is 6.06. The Kier molecular flexibility index (Phi) is 17.3. The van der Waals surface area contributed by atoms with E-state index in [2.05, 4.69) is 55.6 Å². The number of amides is 7. The number of ether oxygens (including phenoxy) is 2. The lowest BCUT2D eigenvalue weighted by atomic mass is 9.87. The van der Waals surface area contributed by atoms with Crippen molar-refractivity contribution in [3.8, 4) is 28.7 Å². The van der Waals surface area contributed by atoms with E-state index in [1.807, 2.05) is 60.0 Å². The van der Waals surface area contributed by atoms with Crippen molar-refractivity contribution >= 4 is 69.2 Å². The summed E-state index contributed by atoms with van der Waals surface area (Å²) in [6, 6.07) is 21.1. The Bertz CT molecular complexity index is 3600.